The fourth-order valence-corrected chi connectivity index (χ4v) is 2.33. The smallest absolute Gasteiger partial charge is 0.242 e. The van der Waals surface area contributed by atoms with Crippen molar-refractivity contribution in [2.24, 2.45) is 0 Å². The van der Waals surface area contributed by atoms with E-state index in [2.05, 4.69) is 5.32 Å². The van der Waals surface area contributed by atoms with Gasteiger partial charge < -0.3 is 15.5 Å². The first-order chi connectivity index (χ1) is 10.9. The van der Waals surface area contributed by atoms with E-state index in [1.165, 1.54) is 24.3 Å². The summed E-state index contributed by atoms with van der Waals surface area (Å²) in [6.07, 6.45) is 0. The van der Waals surface area contributed by atoms with E-state index in [-0.39, 0.29) is 29.5 Å². The molecule has 2 aromatic carbocycles. The maximum atomic E-state index is 14.0. The van der Waals surface area contributed by atoms with E-state index in [4.69, 9.17) is 0 Å². The van der Waals surface area contributed by atoms with Crippen LogP contribution in [0.25, 0.3) is 0 Å². The fraction of sp³-hybridized carbons (Fsp3) is 0.235. The number of phenols is 2. The predicted molar refractivity (Wildman–Crippen MR) is 84.4 cm³/mol. The summed E-state index contributed by atoms with van der Waals surface area (Å²) in [4.78, 5) is 14.1. The van der Waals surface area contributed by atoms with Crippen LogP contribution in [0.15, 0.2) is 42.5 Å². The second kappa shape index (κ2) is 7.11. The molecule has 3 N–H and O–H groups in total. The van der Waals surface area contributed by atoms with Crippen LogP contribution >= 0.6 is 0 Å². The molecule has 0 fully saturated rings. The van der Waals surface area contributed by atoms with Gasteiger partial charge in [0.25, 0.3) is 0 Å². The summed E-state index contributed by atoms with van der Waals surface area (Å²) in [5, 5.41) is 21.7. The second-order valence-electron chi connectivity index (χ2n) is 5.42. The zero-order valence-corrected chi connectivity index (χ0v) is 13.0. The Labute approximate surface area is 134 Å². The molecule has 0 heterocycles. The molecule has 6 heteroatoms. The van der Waals surface area contributed by atoms with Crippen molar-refractivity contribution in [2.75, 3.05) is 14.1 Å². The number of rotatable bonds is 5. The summed E-state index contributed by atoms with van der Waals surface area (Å²) in [5.41, 5.74) is 0.743. The van der Waals surface area contributed by atoms with Gasteiger partial charge in [0.15, 0.2) is 0 Å². The Bertz CT molecular complexity index is 704. The Kier molecular flexibility index (Phi) is 5.18. The highest BCUT2D eigenvalue weighted by molar-refractivity contribution is 5.83. The lowest BCUT2D eigenvalue weighted by Gasteiger charge is -2.24. The highest BCUT2D eigenvalue weighted by atomic mass is 19.1. The molecular weight excluding hydrogens is 299 g/mol. The van der Waals surface area contributed by atoms with Gasteiger partial charge >= 0.3 is 0 Å². The molecule has 1 amide bonds. The zero-order valence-electron chi connectivity index (χ0n) is 13.0. The number of nitrogens with zero attached hydrogens (tertiary/aromatic N) is 1. The molecule has 0 aliphatic rings. The first kappa shape index (κ1) is 16.8. The molecule has 0 saturated carbocycles. The molecule has 2 rings (SSSR count). The number of nitrogens with one attached hydrogen (secondary N) is 1. The van der Waals surface area contributed by atoms with Crippen LogP contribution in [0.4, 0.5) is 4.39 Å². The summed E-state index contributed by atoms with van der Waals surface area (Å²) < 4.78 is 14.0. The average molecular weight is 318 g/mol. The first-order valence-corrected chi connectivity index (χ1v) is 7.09. The van der Waals surface area contributed by atoms with Gasteiger partial charge in [-0.05, 0) is 32.3 Å². The van der Waals surface area contributed by atoms with E-state index in [1.54, 1.807) is 37.2 Å². The van der Waals surface area contributed by atoms with Crippen LogP contribution < -0.4 is 5.32 Å². The van der Waals surface area contributed by atoms with E-state index in [0.29, 0.717) is 5.56 Å². The molecule has 23 heavy (non-hydrogen) atoms. The molecule has 122 valence electrons. The number of carbonyl (C=O) groups is 1. The summed E-state index contributed by atoms with van der Waals surface area (Å²) in [6.45, 7) is 0.0732. The third-order valence-electron chi connectivity index (χ3n) is 3.49. The molecule has 0 spiro atoms. The lowest BCUT2D eigenvalue weighted by molar-refractivity contribution is -0.126. The average Bonchev–Trinajstić information content (AvgIpc) is 2.48. The third kappa shape index (κ3) is 3.98. The fourth-order valence-electron chi connectivity index (χ4n) is 2.33. The molecule has 1 atom stereocenters. The Hall–Kier alpha value is -2.60. The monoisotopic (exact) mass is 318 g/mol. The molecule has 0 aliphatic heterocycles. The van der Waals surface area contributed by atoms with Gasteiger partial charge in [0, 0.05) is 23.7 Å². The lowest BCUT2D eigenvalue weighted by Crippen LogP contribution is -2.37. The predicted octanol–water partition coefficient (Wildman–Crippen LogP) is 2.16. The van der Waals surface area contributed by atoms with Crippen LogP contribution in [0.5, 0.6) is 11.5 Å². The molecule has 0 aromatic heterocycles. The minimum Gasteiger partial charge on any atom is -0.508 e. The van der Waals surface area contributed by atoms with Crippen LogP contribution in [0.3, 0.4) is 0 Å². The van der Waals surface area contributed by atoms with Crippen LogP contribution in [0.2, 0.25) is 0 Å². The van der Waals surface area contributed by atoms with Gasteiger partial charge in [0.1, 0.15) is 23.4 Å². The van der Waals surface area contributed by atoms with Crippen molar-refractivity contribution in [3.63, 3.8) is 0 Å². The van der Waals surface area contributed by atoms with Gasteiger partial charge in [0.2, 0.25) is 5.91 Å². The van der Waals surface area contributed by atoms with Gasteiger partial charge in [-0.15, -0.1) is 0 Å². The number of carbonyl (C=O) groups excluding carboxylic acids is 1. The minimum atomic E-state index is -0.782. The van der Waals surface area contributed by atoms with Crippen LogP contribution in [0.1, 0.15) is 17.2 Å². The number of benzene rings is 2. The van der Waals surface area contributed by atoms with Gasteiger partial charge in [-0.1, -0.05) is 18.2 Å². The van der Waals surface area contributed by atoms with E-state index >= 15 is 0 Å². The normalized spacial score (nSPS) is 12.2. The number of amides is 1. The van der Waals surface area contributed by atoms with Crippen molar-refractivity contribution in [1.29, 1.82) is 0 Å². The Morgan fingerprint density at radius 3 is 2.52 bits per heavy atom. The largest absolute Gasteiger partial charge is 0.508 e. The lowest BCUT2D eigenvalue weighted by atomic mass is 10.0. The van der Waals surface area contributed by atoms with Crippen molar-refractivity contribution in [3.05, 3.63) is 59.4 Å². The Morgan fingerprint density at radius 2 is 1.91 bits per heavy atom. The van der Waals surface area contributed by atoms with Gasteiger partial charge in [-0.25, -0.2) is 4.39 Å². The summed E-state index contributed by atoms with van der Waals surface area (Å²) >= 11 is 0. The van der Waals surface area contributed by atoms with Crippen LogP contribution in [-0.2, 0) is 11.3 Å². The molecule has 0 saturated heterocycles. The summed E-state index contributed by atoms with van der Waals surface area (Å²) in [7, 11) is 3.38. The molecule has 1 unspecified atom stereocenters. The van der Waals surface area contributed by atoms with Crippen LogP contribution in [-0.4, -0.2) is 35.1 Å². The molecule has 0 bridgehead atoms. The first-order valence-electron chi connectivity index (χ1n) is 7.09. The molecular formula is C17H19FN2O3. The molecule has 0 radical (unpaired) electrons. The Morgan fingerprint density at radius 1 is 1.22 bits per heavy atom. The molecule has 0 aliphatic carbocycles. The minimum absolute atomic E-state index is 0.0601. The number of aromatic hydroxyl groups is 2. The quantitative estimate of drug-likeness (QED) is 0.790. The van der Waals surface area contributed by atoms with Gasteiger partial charge in [-0.2, -0.15) is 0 Å². The highest BCUT2D eigenvalue weighted by Gasteiger charge is 2.25. The topological polar surface area (TPSA) is 72.8 Å². The van der Waals surface area contributed by atoms with E-state index in [1.807, 2.05) is 0 Å². The van der Waals surface area contributed by atoms with Crippen molar-refractivity contribution < 1.29 is 19.4 Å². The van der Waals surface area contributed by atoms with Gasteiger partial charge in [0.05, 0.1) is 0 Å². The van der Waals surface area contributed by atoms with E-state index < -0.39 is 11.9 Å². The summed E-state index contributed by atoms with van der Waals surface area (Å²) in [5.74, 6) is -1.01. The Balaban J connectivity index is 2.15. The number of hydrogen-bond acceptors (Lipinski definition) is 4. The molecule has 2 aromatic rings. The number of hydrogen-bond donors (Lipinski definition) is 3. The van der Waals surface area contributed by atoms with E-state index in [9.17, 15) is 19.4 Å². The third-order valence-corrected chi connectivity index (χ3v) is 3.49. The van der Waals surface area contributed by atoms with Crippen molar-refractivity contribution in [2.45, 2.75) is 12.6 Å². The summed E-state index contributed by atoms with van der Waals surface area (Å²) in [6, 6.07) is 9.46. The molecule has 5 nitrogen and oxygen atoms in total. The van der Waals surface area contributed by atoms with Crippen LogP contribution in [0, 0.1) is 5.82 Å². The zero-order chi connectivity index (χ0) is 17.0. The van der Waals surface area contributed by atoms with Crippen molar-refractivity contribution >= 4 is 5.91 Å². The number of phenolic OH excluding ortho intramolecular Hbond substituents is 2. The SMILES string of the molecule is CN(C)C(C(=O)NCc1ccc(O)cc1O)c1ccccc1F. The van der Waals surface area contributed by atoms with Crippen molar-refractivity contribution in [3.8, 4) is 11.5 Å². The van der Waals surface area contributed by atoms with Gasteiger partial charge in [-0.3, -0.25) is 9.69 Å². The maximum Gasteiger partial charge on any atom is 0.242 e. The second-order valence-corrected chi connectivity index (χ2v) is 5.42. The van der Waals surface area contributed by atoms with E-state index in [0.717, 1.165) is 0 Å². The number of likely N-dealkylation sites (N-methyl/N-ethyl adjacent to an activating group) is 1. The van der Waals surface area contributed by atoms with Crippen molar-refractivity contribution in [1.82, 2.24) is 10.2 Å². The maximum absolute atomic E-state index is 14.0. The highest BCUT2D eigenvalue weighted by Crippen LogP contribution is 2.24. The standard InChI is InChI=1S/C17H19FN2O3/c1-20(2)16(13-5-3-4-6-14(13)18)17(23)19-10-11-7-8-12(21)9-15(11)22/h3-9,16,21-22H,10H2,1-2H3,(H,19,23). The number of halogens is 1.